The quantitative estimate of drug-likeness (QED) is 0.365. The van der Waals surface area contributed by atoms with Crippen molar-refractivity contribution in [3.05, 3.63) is 46.3 Å². The first-order valence-corrected chi connectivity index (χ1v) is 9.27. The number of anilines is 1. The third-order valence-electron chi connectivity index (χ3n) is 4.88. The van der Waals surface area contributed by atoms with Gasteiger partial charge >= 0.3 is 0 Å². The van der Waals surface area contributed by atoms with Gasteiger partial charge in [0.1, 0.15) is 12.3 Å². The van der Waals surface area contributed by atoms with E-state index in [-0.39, 0.29) is 37.2 Å². The van der Waals surface area contributed by atoms with Crippen LogP contribution in [0.15, 0.2) is 30.6 Å². The number of fused-ring (bicyclic) bond motifs is 1. The minimum Gasteiger partial charge on any atom is -0.476 e. The van der Waals surface area contributed by atoms with Crippen molar-refractivity contribution in [1.82, 2.24) is 19.5 Å². The molecule has 1 fully saturated rings. The molecule has 2 aromatic heterocycles. The number of non-ortho nitro benzene ring substituents is 1. The van der Waals surface area contributed by atoms with Crippen molar-refractivity contribution >= 4 is 22.8 Å². The molecule has 1 aliphatic heterocycles. The monoisotopic (exact) mass is 416 g/mol. The zero-order chi connectivity index (χ0) is 21.3. The number of nitro benzene ring substituents is 1. The molecule has 0 aliphatic carbocycles. The molecule has 1 aromatic carbocycles. The molecule has 30 heavy (non-hydrogen) atoms. The number of imidazole rings is 1. The van der Waals surface area contributed by atoms with Gasteiger partial charge in [-0.2, -0.15) is 9.97 Å². The number of nitrogens with two attached hydrogens (primary N) is 1. The Labute approximate surface area is 170 Å². The molecule has 0 radical (unpaired) electrons. The number of nitrogen functional groups attached to an aromatic ring is 1. The second-order valence-electron chi connectivity index (χ2n) is 6.85. The minimum atomic E-state index is -0.797. The van der Waals surface area contributed by atoms with E-state index in [9.17, 15) is 20.3 Å². The fourth-order valence-electron chi connectivity index (χ4n) is 3.32. The number of hydrogen-bond acceptors (Lipinski definition) is 10. The molecule has 0 spiro atoms. The van der Waals surface area contributed by atoms with Crippen LogP contribution in [-0.2, 0) is 11.2 Å². The van der Waals surface area contributed by atoms with Gasteiger partial charge in [-0.25, -0.2) is 4.98 Å². The molecule has 4 rings (SSSR count). The fraction of sp³-hybridized carbons (Fsp3) is 0.389. The first kappa shape index (κ1) is 19.9. The largest absolute Gasteiger partial charge is 0.476 e. The molecule has 4 N–H and O–H groups in total. The third kappa shape index (κ3) is 3.87. The Morgan fingerprint density at radius 2 is 2.10 bits per heavy atom. The van der Waals surface area contributed by atoms with Crippen LogP contribution in [0.3, 0.4) is 0 Å². The standard InChI is InChI=1S/C18H20N6O6/c19-18-21-16-15(20-9-23(16)14-7-12(26)13(8-25)30-14)17(22-18)29-6-5-10-1-3-11(4-2-10)24(27)28/h1-4,9,12-14,25-26H,5-8H2,(H2,19,21,22)/t12?,13-,14-/m1/s1. The highest BCUT2D eigenvalue weighted by Crippen LogP contribution is 2.32. The summed E-state index contributed by atoms with van der Waals surface area (Å²) < 4.78 is 13.0. The van der Waals surface area contributed by atoms with E-state index in [2.05, 4.69) is 15.0 Å². The van der Waals surface area contributed by atoms with Crippen LogP contribution in [0, 0.1) is 10.1 Å². The molecule has 1 saturated heterocycles. The molecule has 12 nitrogen and oxygen atoms in total. The summed E-state index contributed by atoms with van der Waals surface area (Å²) in [4.78, 5) is 22.9. The minimum absolute atomic E-state index is 0.00756. The summed E-state index contributed by atoms with van der Waals surface area (Å²) in [7, 11) is 0. The molecule has 158 valence electrons. The van der Waals surface area contributed by atoms with Crippen LogP contribution in [-0.4, -0.2) is 60.1 Å². The number of nitro groups is 1. The van der Waals surface area contributed by atoms with E-state index >= 15 is 0 Å². The Bertz CT molecular complexity index is 1060. The van der Waals surface area contributed by atoms with Gasteiger partial charge in [-0.3, -0.25) is 14.7 Å². The molecule has 3 aromatic rings. The van der Waals surface area contributed by atoms with E-state index in [1.807, 2.05) is 0 Å². The molecule has 3 heterocycles. The highest BCUT2D eigenvalue weighted by Gasteiger charge is 2.35. The number of nitrogens with zero attached hydrogens (tertiary/aromatic N) is 5. The number of rotatable bonds is 7. The zero-order valence-electron chi connectivity index (χ0n) is 15.8. The maximum atomic E-state index is 10.7. The average Bonchev–Trinajstić information content (AvgIpc) is 3.31. The Morgan fingerprint density at radius 1 is 1.33 bits per heavy atom. The molecule has 0 bridgehead atoms. The SMILES string of the molecule is Nc1nc(OCCc2ccc([N+](=O)[O-])cc2)c2ncn([C@H]3CC(O)[C@@H](CO)O3)c2n1. The summed E-state index contributed by atoms with van der Waals surface area (Å²) >= 11 is 0. The Balaban J connectivity index is 1.49. The van der Waals surface area contributed by atoms with Crippen LogP contribution in [0.5, 0.6) is 5.88 Å². The van der Waals surface area contributed by atoms with Crippen LogP contribution in [0.4, 0.5) is 11.6 Å². The van der Waals surface area contributed by atoms with Crippen LogP contribution in [0.2, 0.25) is 0 Å². The predicted molar refractivity (Wildman–Crippen MR) is 104 cm³/mol. The first-order valence-electron chi connectivity index (χ1n) is 9.27. The van der Waals surface area contributed by atoms with Gasteiger partial charge < -0.3 is 25.4 Å². The second kappa shape index (κ2) is 8.18. The zero-order valence-corrected chi connectivity index (χ0v) is 15.8. The molecule has 0 amide bonds. The van der Waals surface area contributed by atoms with E-state index in [4.69, 9.17) is 15.2 Å². The van der Waals surface area contributed by atoms with Crippen LogP contribution in [0.1, 0.15) is 18.2 Å². The van der Waals surface area contributed by atoms with Crippen LogP contribution in [0.25, 0.3) is 11.2 Å². The van der Waals surface area contributed by atoms with Crippen molar-refractivity contribution < 1.29 is 24.6 Å². The van der Waals surface area contributed by atoms with Crippen molar-refractivity contribution in [2.24, 2.45) is 0 Å². The van der Waals surface area contributed by atoms with Crippen molar-refractivity contribution in [1.29, 1.82) is 0 Å². The first-order chi connectivity index (χ1) is 14.5. The van der Waals surface area contributed by atoms with Gasteiger partial charge in [0.05, 0.1) is 30.6 Å². The lowest BCUT2D eigenvalue weighted by molar-refractivity contribution is -0.384. The molecular formula is C18H20N6O6. The summed E-state index contributed by atoms with van der Waals surface area (Å²) in [6, 6.07) is 6.21. The summed E-state index contributed by atoms with van der Waals surface area (Å²) in [6.07, 6.45) is 0.249. The number of ether oxygens (including phenoxy) is 2. The predicted octanol–water partition coefficient (Wildman–Crippen LogP) is 0.579. The number of hydrogen-bond donors (Lipinski definition) is 3. The lowest BCUT2D eigenvalue weighted by Gasteiger charge is -2.14. The van der Waals surface area contributed by atoms with Crippen molar-refractivity contribution in [2.75, 3.05) is 18.9 Å². The van der Waals surface area contributed by atoms with Gasteiger partial charge in [0.2, 0.25) is 11.8 Å². The molecule has 3 atom stereocenters. The smallest absolute Gasteiger partial charge is 0.269 e. The normalized spacial score (nSPS) is 21.2. The number of aliphatic hydroxyl groups excluding tert-OH is 2. The molecule has 1 unspecified atom stereocenters. The van der Waals surface area contributed by atoms with Gasteiger partial charge in [-0.05, 0) is 5.56 Å². The van der Waals surface area contributed by atoms with Gasteiger partial charge in [0, 0.05) is 25.0 Å². The van der Waals surface area contributed by atoms with E-state index in [1.165, 1.54) is 18.5 Å². The van der Waals surface area contributed by atoms with Gasteiger partial charge in [0.25, 0.3) is 5.69 Å². The van der Waals surface area contributed by atoms with Crippen molar-refractivity contribution in [3.8, 4) is 5.88 Å². The topological polar surface area (TPSA) is 172 Å². The third-order valence-corrected chi connectivity index (χ3v) is 4.88. The van der Waals surface area contributed by atoms with E-state index < -0.39 is 23.4 Å². The lowest BCUT2D eigenvalue weighted by atomic mass is 10.1. The number of aliphatic hydroxyl groups is 2. The van der Waals surface area contributed by atoms with E-state index in [0.717, 1.165) is 5.56 Å². The molecular weight excluding hydrogens is 396 g/mol. The average molecular weight is 416 g/mol. The van der Waals surface area contributed by atoms with Crippen molar-refractivity contribution in [3.63, 3.8) is 0 Å². The van der Waals surface area contributed by atoms with Gasteiger partial charge in [-0.15, -0.1) is 0 Å². The Morgan fingerprint density at radius 3 is 2.77 bits per heavy atom. The van der Waals surface area contributed by atoms with E-state index in [0.29, 0.717) is 17.6 Å². The molecule has 12 heteroatoms. The fourth-order valence-corrected chi connectivity index (χ4v) is 3.32. The van der Waals surface area contributed by atoms with Crippen molar-refractivity contribution in [2.45, 2.75) is 31.3 Å². The Kier molecular flexibility index (Phi) is 5.44. The maximum Gasteiger partial charge on any atom is 0.269 e. The lowest BCUT2D eigenvalue weighted by Crippen LogP contribution is -2.24. The highest BCUT2D eigenvalue weighted by atomic mass is 16.6. The summed E-state index contributed by atoms with van der Waals surface area (Å²) in [5.41, 5.74) is 7.50. The molecule has 1 aliphatic rings. The number of benzene rings is 1. The highest BCUT2D eigenvalue weighted by molar-refractivity contribution is 5.77. The second-order valence-corrected chi connectivity index (χ2v) is 6.85. The molecule has 0 saturated carbocycles. The summed E-state index contributed by atoms with van der Waals surface area (Å²) in [5, 5.41) is 30.0. The van der Waals surface area contributed by atoms with E-state index in [1.54, 1.807) is 16.7 Å². The van der Waals surface area contributed by atoms with Crippen LogP contribution >= 0.6 is 0 Å². The number of aromatic nitrogens is 4. The summed E-state index contributed by atoms with van der Waals surface area (Å²) in [5.74, 6) is 0.197. The van der Waals surface area contributed by atoms with Gasteiger partial charge in [0.15, 0.2) is 11.2 Å². The summed E-state index contributed by atoms with van der Waals surface area (Å²) in [6.45, 7) is -0.0418. The van der Waals surface area contributed by atoms with Crippen LogP contribution < -0.4 is 10.5 Å². The maximum absolute atomic E-state index is 10.7. The Hall–Kier alpha value is -3.35. The van der Waals surface area contributed by atoms with Gasteiger partial charge in [-0.1, -0.05) is 12.1 Å².